The second-order valence-electron chi connectivity index (χ2n) is 4.29. The molecule has 0 bridgehead atoms. The minimum absolute atomic E-state index is 0.705. The molecular formula is C15H20N2O3. The van der Waals surface area contributed by atoms with Crippen molar-refractivity contribution in [1.82, 2.24) is 10.3 Å². The third-order valence-corrected chi connectivity index (χ3v) is 2.99. The van der Waals surface area contributed by atoms with Crippen molar-refractivity contribution in [2.24, 2.45) is 0 Å². The maximum atomic E-state index is 5.76. The van der Waals surface area contributed by atoms with Crippen LogP contribution in [0.2, 0.25) is 0 Å². The Hall–Kier alpha value is -2.01. The molecule has 0 saturated heterocycles. The Morgan fingerprint density at radius 3 is 2.80 bits per heavy atom. The van der Waals surface area contributed by atoms with E-state index in [2.05, 4.69) is 17.2 Å². The normalized spacial score (nSPS) is 10.6. The van der Waals surface area contributed by atoms with Gasteiger partial charge in [-0.3, -0.25) is 0 Å². The summed E-state index contributed by atoms with van der Waals surface area (Å²) in [6, 6.07) is 5.61. The third kappa shape index (κ3) is 3.30. The lowest BCUT2D eigenvalue weighted by Crippen LogP contribution is -2.16. The molecule has 0 unspecified atom stereocenters. The van der Waals surface area contributed by atoms with Crippen LogP contribution in [0.5, 0.6) is 11.5 Å². The van der Waals surface area contributed by atoms with E-state index in [1.807, 2.05) is 18.2 Å². The fourth-order valence-electron chi connectivity index (χ4n) is 1.92. The van der Waals surface area contributed by atoms with Crippen LogP contribution in [-0.2, 0) is 6.42 Å². The van der Waals surface area contributed by atoms with E-state index in [0.29, 0.717) is 11.5 Å². The van der Waals surface area contributed by atoms with Crippen LogP contribution in [-0.4, -0.2) is 32.3 Å². The minimum atomic E-state index is 0.705. The summed E-state index contributed by atoms with van der Waals surface area (Å²) in [7, 11) is 3.25. The molecule has 108 valence electrons. The molecule has 5 nitrogen and oxygen atoms in total. The zero-order valence-electron chi connectivity index (χ0n) is 12.1. The molecule has 0 fully saturated rings. The van der Waals surface area contributed by atoms with Crippen molar-refractivity contribution in [1.29, 1.82) is 0 Å². The molecule has 2 aromatic rings. The molecule has 0 spiro atoms. The highest BCUT2D eigenvalue weighted by atomic mass is 16.5. The molecule has 2 rings (SSSR count). The summed E-state index contributed by atoms with van der Waals surface area (Å²) in [4.78, 5) is 4.29. The molecule has 5 heteroatoms. The first-order valence-corrected chi connectivity index (χ1v) is 6.66. The van der Waals surface area contributed by atoms with Gasteiger partial charge in [-0.1, -0.05) is 6.92 Å². The van der Waals surface area contributed by atoms with Crippen LogP contribution in [0.25, 0.3) is 11.3 Å². The molecule has 0 atom stereocenters. The maximum absolute atomic E-state index is 5.76. The molecule has 0 aliphatic heterocycles. The van der Waals surface area contributed by atoms with Crippen LogP contribution in [0.4, 0.5) is 0 Å². The summed E-state index contributed by atoms with van der Waals surface area (Å²) in [5.41, 5.74) is 0.871. The van der Waals surface area contributed by atoms with Gasteiger partial charge >= 0.3 is 0 Å². The maximum Gasteiger partial charge on any atom is 0.196 e. The Bertz CT molecular complexity index is 552. The first-order chi connectivity index (χ1) is 9.78. The summed E-state index contributed by atoms with van der Waals surface area (Å²) < 4.78 is 16.3. The van der Waals surface area contributed by atoms with Gasteiger partial charge < -0.3 is 19.2 Å². The fraction of sp³-hybridized carbons (Fsp3) is 0.400. The number of hydrogen-bond donors (Lipinski definition) is 1. The van der Waals surface area contributed by atoms with E-state index >= 15 is 0 Å². The average Bonchev–Trinajstić information content (AvgIpc) is 2.95. The Balaban J connectivity index is 2.18. The number of aromatic nitrogens is 1. The van der Waals surface area contributed by atoms with Crippen molar-refractivity contribution < 1.29 is 13.9 Å². The summed E-state index contributed by atoms with van der Waals surface area (Å²) in [6.07, 6.45) is 2.50. The van der Waals surface area contributed by atoms with Gasteiger partial charge in [-0.05, 0) is 18.7 Å². The predicted octanol–water partition coefficient (Wildman–Crippen LogP) is 2.51. The quantitative estimate of drug-likeness (QED) is 0.787. The van der Waals surface area contributed by atoms with Crippen LogP contribution in [0.3, 0.4) is 0 Å². The second kappa shape index (κ2) is 6.96. The van der Waals surface area contributed by atoms with Gasteiger partial charge in [0, 0.05) is 19.0 Å². The fourth-order valence-corrected chi connectivity index (χ4v) is 1.92. The third-order valence-electron chi connectivity index (χ3n) is 2.99. The first-order valence-electron chi connectivity index (χ1n) is 6.66. The van der Waals surface area contributed by atoms with Gasteiger partial charge in [-0.25, -0.2) is 4.98 Å². The van der Waals surface area contributed by atoms with Gasteiger partial charge in [0.15, 0.2) is 11.7 Å². The number of ether oxygens (including phenoxy) is 2. The molecule has 1 aromatic heterocycles. The molecule has 1 N–H and O–H groups in total. The average molecular weight is 276 g/mol. The van der Waals surface area contributed by atoms with Crippen LogP contribution in [0.15, 0.2) is 28.8 Å². The Labute approximate surface area is 118 Å². The molecule has 0 aliphatic carbocycles. The molecule has 1 aromatic carbocycles. The minimum Gasteiger partial charge on any atom is -0.497 e. The predicted molar refractivity (Wildman–Crippen MR) is 77.3 cm³/mol. The highest BCUT2D eigenvalue weighted by Crippen LogP contribution is 2.33. The number of methoxy groups -OCH3 is 2. The molecule has 0 aliphatic rings. The lowest BCUT2D eigenvalue weighted by Gasteiger charge is -2.08. The van der Waals surface area contributed by atoms with E-state index in [1.165, 1.54) is 0 Å². The molecular weight excluding hydrogens is 256 g/mol. The van der Waals surface area contributed by atoms with Crippen LogP contribution >= 0.6 is 0 Å². The van der Waals surface area contributed by atoms with Gasteiger partial charge in [0.05, 0.1) is 26.0 Å². The SMILES string of the molecule is CCNCCc1ncc(-c2ccc(OC)cc2OC)o1. The van der Waals surface area contributed by atoms with Gasteiger partial charge in [0.2, 0.25) is 0 Å². The first kappa shape index (κ1) is 14.4. The number of rotatable bonds is 7. The van der Waals surface area contributed by atoms with Crippen molar-refractivity contribution >= 4 is 0 Å². The van der Waals surface area contributed by atoms with Crippen molar-refractivity contribution in [3.05, 3.63) is 30.3 Å². The summed E-state index contributed by atoms with van der Waals surface area (Å²) >= 11 is 0. The number of nitrogens with one attached hydrogen (secondary N) is 1. The van der Waals surface area contributed by atoms with Crippen LogP contribution in [0, 0.1) is 0 Å². The second-order valence-corrected chi connectivity index (χ2v) is 4.29. The highest BCUT2D eigenvalue weighted by molar-refractivity contribution is 5.66. The van der Waals surface area contributed by atoms with Gasteiger partial charge in [0.25, 0.3) is 0 Å². The van der Waals surface area contributed by atoms with Crippen molar-refractivity contribution in [2.45, 2.75) is 13.3 Å². The number of oxazole rings is 1. The number of nitrogens with zero attached hydrogens (tertiary/aromatic N) is 1. The number of benzene rings is 1. The summed E-state index contributed by atoms with van der Waals surface area (Å²) in [5.74, 6) is 2.88. The highest BCUT2D eigenvalue weighted by Gasteiger charge is 2.12. The Kier molecular flexibility index (Phi) is 5.01. The van der Waals surface area contributed by atoms with Gasteiger partial charge in [-0.2, -0.15) is 0 Å². The standard InChI is InChI=1S/C15H20N2O3/c1-4-16-8-7-15-17-10-14(20-15)12-6-5-11(18-2)9-13(12)19-3/h5-6,9-10,16H,4,7-8H2,1-3H3. The lowest BCUT2D eigenvalue weighted by atomic mass is 10.1. The monoisotopic (exact) mass is 276 g/mol. The summed E-state index contributed by atoms with van der Waals surface area (Å²) in [6.45, 7) is 3.87. The van der Waals surface area contributed by atoms with E-state index in [9.17, 15) is 0 Å². The molecule has 0 amide bonds. The van der Waals surface area contributed by atoms with Crippen molar-refractivity contribution in [2.75, 3.05) is 27.3 Å². The van der Waals surface area contributed by atoms with Crippen molar-refractivity contribution in [3.63, 3.8) is 0 Å². The molecule has 20 heavy (non-hydrogen) atoms. The zero-order valence-corrected chi connectivity index (χ0v) is 12.1. The number of likely N-dealkylation sites (N-methyl/N-ethyl adjacent to an activating group) is 1. The Morgan fingerprint density at radius 1 is 1.25 bits per heavy atom. The van der Waals surface area contributed by atoms with Crippen molar-refractivity contribution in [3.8, 4) is 22.8 Å². The van der Waals surface area contributed by atoms with Gasteiger partial charge in [-0.15, -0.1) is 0 Å². The molecule has 0 saturated carbocycles. The Morgan fingerprint density at radius 2 is 2.10 bits per heavy atom. The van der Waals surface area contributed by atoms with E-state index < -0.39 is 0 Å². The zero-order chi connectivity index (χ0) is 14.4. The largest absolute Gasteiger partial charge is 0.497 e. The lowest BCUT2D eigenvalue weighted by molar-refractivity contribution is 0.394. The van der Waals surface area contributed by atoms with E-state index in [-0.39, 0.29) is 0 Å². The van der Waals surface area contributed by atoms with Gasteiger partial charge in [0.1, 0.15) is 11.5 Å². The van der Waals surface area contributed by atoms with E-state index in [0.717, 1.165) is 36.7 Å². The smallest absolute Gasteiger partial charge is 0.196 e. The molecule has 0 radical (unpaired) electrons. The van der Waals surface area contributed by atoms with E-state index in [4.69, 9.17) is 13.9 Å². The van der Waals surface area contributed by atoms with E-state index in [1.54, 1.807) is 20.4 Å². The van der Waals surface area contributed by atoms with Crippen LogP contribution in [0.1, 0.15) is 12.8 Å². The number of hydrogen-bond acceptors (Lipinski definition) is 5. The molecule has 1 heterocycles. The summed E-state index contributed by atoms with van der Waals surface area (Å²) in [5, 5.41) is 3.24. The topological polar surface area (TPSA) is 56.5 Å². The van der Waals surface area contributed by atoms with Crippen LogP contribution < -0.4 is 14.8 Å².